The van der Waals surface area contributed by atoms with Crippen molar-refractivity contribution in [3.8, 4) is 5.75 Å². The lowest BCUT2D eigenvalue weighted by Gasteiger charge is -2.11. The molecule has 2 rings (SSSR count). The summed E-state index contributed by atoms with van der Waals surface area (Å²) in [5, 5.41) is 2.35. The predicted molar refractivity (Wildman–Crippen MR) is 78.8 cm³/mol. The van der Waals surface area contributed by atoms with Crippen LogP contribution >= 0.6 is 0 Å². The van der Waals surface area contributed by atoms with Crippen LogP contribution in [-0.4, -0.2) is 45.4 Å². The molecule has 0 radical (unpaired) electrons. The van der Waals surface area contributed by atoms with Crippen molar-refractivity contribution < 1.29 is 9.47 Å². The third kappa shape index (κ3) is 4.23. The molecule has 0 heterocycles. The van der Waals surface area contributed by atoms with Crippen LogP contribution in [0.1, 0.15) is 0 Å². The van der Waals surface area contributed by atoms with Gasteiger partial charge in [0.25, 0.3) is 0 Å². The summed E-state index contributed by atoms with van der Waals surface area (Å²) in [6.45, 7) is 2.89. The van der Waals surface area contributed by atoms with E-state index in [0.717, 1.165) is 24.3 Å². The maximum Gasteiger partial charge on any atom is 0.127 e. The molecular weight excluding hydrogens is 238 g/mol. The lowest BCUT2D eigenvalue weighted by Crippen LogP contribution is -2.19. The molecule has 102 valence electrons. The Morgan fingerprint density at radius 2 is 1.68 bits per heavy atom. The Bertz CT molecular complexity index is 506. The van der Waals surface area contributed by atoms with Crippen LogP contribution in [0.15, 0.2) is 42.5 Å². The summed E-state index contributed by atoms with van der Waals surface area (Å²) < 4.78 is 11.3. The summed E-state index contributed by atoms with van der Waals surface area (Å²) in [5.41, 5.74) is 0. The van der Waals surface area contributed by atoms with E-state index in [1.165, 1.54) is 5.39 Å². The second-order valence-electron chi connectivity index (χ2n) is 4.74. The molecule has 0 saturated carbocycles. The molecule has 0 aliphatic carbocycles. The number of likely N-dealkylation sites (N-methyl/N-ethyl adjacent to an activating group) is 1. The number of fused-ring (bicyclic) bond motifs is 1. The van der Waals surface area contributed by atoms with Crippen LogP contribution in [0.3, 0.4) is 0 Å². The van der Waals surface area contributed by atoms with Gasteiger partial charge in [0.1, 0.15) is 12.4 Å². The van der Waals surface area contributed by atoms with Crippen LogP contribution in [0.4, 0.5) is 0 Å². The smallest absolute Gasteiger partial charge is 0.127 e. The fraction of sp³-hybridized carbons (Fsp3) is 0.375. The minimum Gasteiger partial charge on any atom is -0.491 e. The van der Waals surface area contributed by atoms with Crippen LogP contribution in [0.5, 0.6) is 5.75 Å². The highest BCUT2D eigenvalue weighted by Crippen LogP contribution is 2.24. The minimum absolute atomic E-state index is 0.585. The van der Waals surface area contributed by atoms with E-state index in [9.17, 15) is 0 Å². The molecule has 0 aromatic heterocycles. The Kier molecular flexibility index (Phi) is 5.19. The summed E-state index contributed by atoms with van der Waals surface area (Å²) in [4.78, 5) is 2.10. The van der Waals surface area contributed by atoms with Crippen molar-refractivity contribution >= 4 is 10.8 Å². The highest BCUT2D eigenvalue weighted by molar-refractivity contribution is 5.88. The highest BCUT2D eigenvalue weighted by atomic mass is 16.5. The Labute approximate surface area is 114 Å². The van der Waals surface area contributed by atoms with Gasteiger partial charge in [0, 0.05) is 11.9 Å². The van der Waals surface area contributed by atoms with E-state index >= 15 is 0 Å². The Morgan fingerprint density at radius 1 is 0.895 bits per heavy atom. The average molecular weight is 259 g/mol. The van der Waals surface area contributed by atoms with Gasteiger partial charge in [0.2, 0.25) is 0 Å². The molecule has 0 N–H and O–H groups in total. The SMILES string of the molecule is CN(C)CCOCCOc1cccc2ccccc12. The predicted octanol–water partition coefficient (Wildman–Crippen LogP) is 2.80. The fourth-order valence-electron chi connectivity index (χ4n) is 1.88. The third-order valence-electron chi connectivity index (χ3n) is 2.92. The van der Waals surface area contributed by atoms with Gasteiger partial charge in [0.05, 0.1) is 13.2 Å². The molecule has 0 bridgehead atoms. The number of hydrogen-bond acceptors (Lipinski definition) is 3. The van der Waals surface area contributed by atoms with Crippen LogP contribution in [0, 0.1) is 0 Å². The molecule has 0 atom stereocenters. The van der Waals surface area contributed by atoms with E-state index in [4.69, 9.17) is 9.47 Å². The van der Waals surface area contributed by atoms with Gasteiger partial charge in [-0.3, -0.25) is 0 Å². The van der Waals surface area contributed by atoms with Gasteiger partial charge in [-0.05, 0) is 25.5 Å². The second kappa shape index (κ2) is 7.12. The molecule has 3 nitrogen and oxygen atoms in total. The number of benzene rings is 2. The lowest BCUT2D eigenvalue weighted by molar-refractivity contribution is 0.0894. The Balaban J connectivity index is 1.82. The molecule has 19 heavy (non-hydrogen) atoms. The third-order valence-corrected chi connectivity index (χ3v) is 2.92. The molecule has 0 aliphatic rings. The fourth-order valence-corrected chi connectivity index (χ4v) is 1.88. The molecule has 2 aromatic rings. The van der Waals surface area contributed by atoms with Gasteiger partial charge in [-0.25, -0.2) is 0 Å². The zero-order chi connectivity index (χ0) is 13.5. The molecule has 2 aromatic carbocycles. The molecular formula is C16H21NO2. The monoisotopic (exact) mass is 259 g/mol. The molecule has 0 aliphatic heterocycles. The van der Waals surface area contributed by atoms with Gasteiger partial charge in [-0.1, -0.05) is 36.4 Å². The number of rotatable bonds is 7. The van der Waals surface area contributed by atoms with Crippen LogP contribution < -0.4 is 4.74 Å². The van der Waals surface area contributed by atoms with Crippen LogP contribution in [-0.2, 0) is 4.74 Å². The Hall–Kier alpha value is -1.58. The van der Waals surface area contributed by atoms with Crippen molar-refractivity contribution in [3.63, 3.8) is 0 Å². The molecule has 0 saturated heterocycles. The van der Waals surface area contributed by atoms with Crippen LogP contribution in [0.2, 0.25) is 0 Å². The summed E-state index contributed by atoms with van der Waals surface area (Å²) in [6, 6.07) is 14.4. The summed E-state index contributed by atoms with van der Waals surface area (Å²) in [5.74, 6) is 0.925. The zero-order valence-corrected chi connectivity index (χ0v) is 11.6. The summed E-state index contributed by atoms with van der Waals surface area (Å²) in [6.07, 6.45) is 0. The van der Waals surface area contributed by atoms with E-state index in [2.05, 4.69) is 23.1 Å². The maximum atomic E-state index is 5.79. The van der Waals surface area contributed by atoms with Crippen molar-refractivity contribution in [1.29, 1.82) is 0 Å². The van der Waals surface area contributed by atoms with Crippen molar-refractivity contribution in [2.45, 2.75) is 0 Å². The van der Waals surface area contributed by atoms with E-state index in [1.54, 1.807) is 0 Å². The molecule has 0 amide bonds. The molecule has 0 spiro atoms. The largest absolute Gasteiger partial charge is 0.491 e. The standard InChI is InChI=1S/C16H21NO2/c1-17(2)10-11-18-12-13-19-16-9-5-7-14-6-3-4-8-15(14)16/h3-9H,10-13H2,1-2H3. The number of hydrogen-bond donors (Lipinski definition) is 0. The average Bonchev–Trinajstić information content (AvgIpc) is 2.42. The van der Waals surface area contributed by atoms with Crippen molar-refractivity contribution in [2.24, 2.45) is 0 Å². The van der Waals surface area contributed by atoms with E-state index in [0.29, 0.717) is 13.2 Å². The first-order valence-corrected chi connectivity index (χ1v) is 6.60. The van der Waals surface area contributed by atoms with Crippen molar-refractivity contribution in [2.75, 3.05) is 40.5 Å². The van der Waals surface area contributed by atoms with Gasteiger partial charge in [-0.2, -0.15) is 0 Å². The zero-order valence-electron chi connectivity index (χ0n) is 11.6. The van der Waals surface area contributed by atoms with Gasteiger partial charge >= 0.3 is 0 Å². The van der Waals surface area contributed by atoms with Gasteiger partial charge < -0.3 is 14.4 Å². The summed E-state index contributed by atoms with van der Waals surface area (Å²) in [7, 11) is 4.08. The van der Waals surface area contributed by atoms with Crippen molar-refractivity contribution in [3.05, 3.63) is 42.5 Å². The number of nitrogens with zero attached hydrogens (tertiary/aromatic N) is 1. The van der Waals surface area contributed by atoms with E-state index < -0.39 is 0 Å². The number of ether oxygens (including phenoxy) is 2. The molecule has 3 heteroatoms. The molecule has 0 unspecified atom stereocenters. The maximum absolute atomic E-state index is 5.79. The topological polar surface area (TPSA) is 21.7 Å². The lowest BCUT2D eigenvalue weighted by atomic mass is 10.1. The first kappa shape index (κ1) is 13.8. The highest BCUT2D eigenvalue weighted by Gasteiger charge is 2.00. The Morgan fingerprint density at radius 3 is 2.53 bits per heavy atom. The van der Waals surface area contributed by atoms with Crippen molar-refractivity contribution in [1.82, 2.24) is 4.90 Å². The molecule has 0 fully saturated rings. The van der Waals surface area contributed by atoms with Crippen LogP contribution in [0.25, 0.3) is 10.8 Å². The van der Waals surface area contributed by atoms with E-state index in [1.807, 2.05) is 38.4 Å². The van der Waals surface area contributed by atoms with E-state index in [-0.39, 0.29) is 0 Å². The van der Waals surface area contributed by atoms with Gasteiger partial charge in [-0.15, -0.1) is 0 Å². The van der Waals surface area contributed by atoms with Gasteiger partial charge in [0.15, 0.2) is 0 Å². The first-order valence-electron chi connectivity index (χ1n) is 6.60. The second-order valence-corrected chi connectivity index (χ2v) is 4.74. The quantitative estimate of drug-likeness (QED) is 0.714. The minimum atomic E-state index is 0.585. The first-order chi connectivity index (χ1) is 9.27. The normalized spacial score (nSPS) is 11.1. The summed E-state index contributed by atoms with van der Waals surface area (Å²) >= 11 is 0.